The second kappa shape index (κ2) is 11.2. The van der Waals surface area contributed by atoms with Crippen LogP contribution in [-0.2, 0) is 0 Å². The van der Waals surface area contributed by atoms with Crippen molar-refractivity contribution in [1.29, 1.82) is 0 Å². The first-order valence-corrected chi connectivity index (χ1v) is 5.65. The number of carbonyl (C=O) groups excluding carboxylic acids is 1. The van der Waals surface area contributed by atoms with Gasteiger partial charge in [0.1, 0.15) is 11.4 Å². The van der Waals surface area contributed by atoms with Crippen LogP contribution in [0.4, 0.5) is 4.39 Å². The average molecular weight is 243 g/mol. The van der Waals surface area contributed by atoms with Gasteiger partial charge in [-0.2, -0.15) is 0 Å². The number of rotatable bonds is 3. The molecular weight excluding hydrogens is 221 g/mol. The molecular formula is C13H22FNO2. The topological polar surface area (TPSA) is 50.2 Å². The van der Waals surface area contributed by atoms with Crippen LogP contribution in [0.15, 0.2) is 24.4 Å². The third-order valence-corrected chi connectivity index (χ3v) is 1.51. The van der Waals surface area contributed by atoms with Gasteiger partial charge in [0, 0.05) is 19.2 Å². The summed E-state index contributed by atoms with van der Waals surface area (Å²) in [6.45, 7) is 6.83. The predicted octanol–water partition coefficient (Wildman–Crippen LogP) is 3.04. The van der Waals surface area contributed by atoms with Gasteiger partial charge in [-0.1, -0.05) is 19.9 Å². The first-order chi connectivity index (χ1) is 7.99. The lowest BCUT2D eigenvalue weighted by Crippen LogP contribution is -2.12. The maximum atomic E-state index is 12.2. The predicted molar refractivity (Wildman–Crippen MR) is 67.9 cm³/mol. The lowest BCUT2D eigenvalue weighted by Gasteiger charge is -2.09. The van der Waals surface area contributed by atoms with Gasteiger partial charge in [-0.15, -0.1) is 0 Å². The highest BCUT2D eigenvalue weighted by Crippen LogP contribution is 2.11. The lowest BCUT2D eigenvalue weighted by molar-refractivity contribution is 0.111. The van der Waals surface area contributed by atoms with Gasteiger partial charge in [-0.05, 0) is 26.0 Å². The van der Waals surface area contributed by atoms with E-state index in [0.717, 1.165) is 6.29 Å². The van der Waals surface area contributed by atoms with Crippen molar-refractivity contribution in [2.75, 3.05) is 6.61 Å². The Kier molecular flexibility index (Phi) is 11.9. The molecule has 0 aliphatic heterocycles. The van der Waals surface area contributed by atoms with Crippen molar-refractivity contribution in [1.82, 2.24) is 4.98 Å². The monoisotopic (exact) mass is 243 g/mol. The molecule has 98 valence electrons. The smallest absolute Gasteiger partial charge is 0.168 e. The first kappa shape index (κ1) is 18.1. The largest absolute Gasteiger partial charge is 0.396 e. The Balaban J connectivity index is 0. The van der Waals surface area contributed by atoms with E-state index < -0.39 is 5.67 Å². The van der Waals surface area contributed by atoms with E-state index in [9.17, 15) is 9.18 Å². The third kappa shape index (κ3) is 14.7. The van der Waals surface area contributed by atoms with Crippen LogP contribution in [0.3, 0.4) is 0 Å². The maximum Gasteiger partial charge on any atom is 0.168 e. The van der Waals surface area contributed by atoms with E-state index in [2.05, 4.69) is 4.98 Å². The van der Waals surface area contributed by atoms with Crippen molar-refractivity contribution >= 4 is 6.29 Å². The minimum Gasteiger partial charge on any atom is -0.396 e. The molecule has 0 fully saturated rings. The Morgan fingerprint density at radius 1 is 1.41 bits per heavy atom. The highest BCUT2D eigenvalue weighted by Gasteiger charge is 2.12. The molecule has 0 saturated heterocycles. The van der Waals surface area contributed by atoms with Crippen LogP contribution in [0.1, 0.15) is 44.6 Å². The van der Waals surface area contributed by atoms with Crippen LogP contribution in [0.5, 0.6) is 0 Å². The molecule has 17 heavy (non-hydrogen) atoms. The Bertz CT molecular complexity index is 270. The van der Waals surface area contributed by atoms with Crippen LogP contribution in [-0.4, -0.2) is 28.7 Å². The van der Waals surface area contributed by atoms with Crippen molar-refractivity contribution in [2.45, 2.75) is 39.8 Å². The fourth-order valence-electron chi connectivity index (χ4n) is 0.712. The summed E-state index contributed by atoms with van der Waals surface area (Å²) in [5.74, 6) is 0. The summed E-state index contributed by atoms with van der Waals surface area (Å²) in [7, 11) is 0. The normalized spacial score (nSPS) is 9.29. The zero-order chi connectivity index (χ0) is 13.7. The van der Waals surface area contributed by atoms with Crippen molar-refractivity contribution in [3.8, 4) is 0 Å². The number of pyridine rings is 1. The fourth-order valence-corrected chi connectivity index (χ4v) is 0.712. The van der Waals surface area contributed by atoms with E-state index in [4.69, 9.17) is 5.11 Å². The minimum absolute atomic E-state index is 0.0660. The molecule has 1 N–H and O–H groups in total. The van der Waals surface area contributed by atoms with Crippen molar-refractivity contribution < 1.29 is 14.3 Å². The van der Waals surface area contributed by atoms with Gasteiger partial charge in [0.2, 0.25) is 0 Å². The summed E-state index contributed by atoms with van der Waals surface area (Å²) in [6, 6.07) is 5.21. The number of halogens is 1. The van der Waals surface area contributed by atoms with E-state index in [0.29, 0.717) is 5.69 Å². The summed E-state index contributed by atoms with van der Waals surface area (Å²) >= 11 is 0. The van der Waals surface area contributed by atoms with Gasteiger partial charge in [-0.25, -0.2) is 4.39 Å². The highest BCUT2D eigenvalue weighted by molar-refractivity contribution is 5.71. The summed E-state index contributed by atoms with van der Waals surface area (Å²) in [6.07, 6.45) is 2.54. The Morgan fingerprint density at radius 3 is 2.18 bits per heavy atom. The Morgan fingerprint density at radius 2 is 2.00 bits per heavy atom. The lowest BCUT2D eigenvalue weighted by atomic mass is 10.1. The molecule has 0 amide bonds. The Hall–Kier alpha value is -1.29. The zero-order valence-corrected chi connectivity index (χ0v) is 11.0. The first-order valence-electron chi connectivity index (χ1n) is 5.65. The van der Waals surface area contributed by atoms with Gasteiger partial charge >= 0.3 is 0 Å². The quantitative estimate of drug-likeness (QED) is 0.830. The molecule has 0 saturated carbocycles. The van der Waals surface area contributed by atoms with E-state index in [-0.39, 0.29) is 13.0 Å². The van der Waals surface area contributed by atoms with Gasteiger partial charge < -0.3 is 5.11 Å². The van der Waals surface area contributed by atoms with E-state index >= 15 is 0 Å². The second-order valence-electron chi connectivity index (χ2n) is 3.56. The minimum atomic E-state index is -1.20. The molecule has 4 heteroatoms. The van der Waals surface area contributed by atoms with Gasteiger partial charge in [0.25, 0.3) is 0 Å². The van der Waals surface area contributed by atoms with Gasteiger partial charge in [0.05, 0.1) is 0 Å². The average Bonchev–Trinajstić information content (AvgIpc) is 2.32. The van der Waals surface area contributed by atoms with Crippen LogP contribution in [0.25, 0.3) is 0 Å². The number of aliphatic hydroxyl groups excluding tert-OH is 1. The number of nitrogens with zero attached hydrogens (tertiary/aromatic N) is 1. The number of aldehydes is 1. The molecule has 1 aromatic heterocycles. The molecule has 0 aromatic carbocycles. The van der Waals surface area contributed by atoms with Crippen molar-refractivity contribution in [2.24, 2.45) is 0 Å². The molecule has 1 aromatic rings. The van der Waals surface area contributed by atoms with Crippen LogP contribution >= 0.6 is 0 Å². The van der Waals surface area contributed by atoms with E-state index in [1.807, 2.05) is 13.8 Å². The van der Waals surface area contributed by atoms with Crippen molar-refractivity contribution in [3.63, 3.8) is 0 Å². The standard InChI is InChI=1S/C6H5NO.C5H11FO.C2H6/c8-5-6-3-1-2-4-7-6;1-5(2,6)3-4-7;1-2/h1-5H;7H,3-4H2,1-2H3;1-2H3. The molecule has 1 heterocycles. The number of hydrogen-bond acceptors (Lipinski definition) is 3. The number of carbonyl (C=O) groups is 1. The molecule has 3 nitrogen and oxygen atoms in total. The molecule has 1 rings (SSSR count). The molecule has 0 radical (unpaired) electrons. The van der Waals surface area contributed by atoms with E-state index in [1.54, 1.807) is 24.4 Å². The van der Waals surface area contributed by atoms with Gasteiger partial charge in [0.15, 0.2) is 6.29 Å². The van der Waals surface area contributed by atoms with Crippen LogP contribution in [0, 0.1) is 0 Å². The van der Waals surface area contributed by atoms with E-state index in [1.165, 1.54) is 13.8 Å². The summed E-state index contributed by atoms with van der Waals surface area (Å²) < 4.78 is 12.2. The third-order valence-electron chi connectivity index (χ3n) is 1.51. The van der Waals surface area contributed by atoms with Gasteiger partial charge in [-0.3, -0.25) is 9.78 Å². The maximum absolute atomic E-state index is 12.2. The molecule has 0 aliphatic carbocycles. The summed E-state index contributed by atoms with van der Waals surface area (Å²) in [5, 5.41) is 8.16. The number of alkyl halides is 1. The summed E-state index contributed by atoms with van der Waals surface area (Å²) in [4.78, 5) is 13.7. The highest BCUT2D eigenvalue weighted by atomic mass is 19.1. The molecule has 0 atom stereocenters. The van der Waals surface area contributed by atoms with Crippen LogP contribution in [0.2, 0.25) is 0 Å². The number of hydrogen-bond donors (Lipinski definition) is 1. The number of aliphatic hydroxyl groups is 1. The SMILES string of the molecule is CC.CC(C)(F)CCO.O=Cc1ccccn1. The molecule has 0 aliphatic rings. The Labute approximate surface area is 103 Å². The molecule has 0 unspecified atom stereocenters. The fraction of sp³-hybridized carbons (Fsp3) is 0.538. The van der Waals surface area contributed by atoms with Crippen LogP contribution < -0.4 is 0 Å². The molecule has 0 bridgehead atoms. The summed E-state index contributed by atoms with van der Waals surface area (Å²) in [5.41, 5.74) is -0.720. The van der Waals surface area contributed by atoms with Crippen molar-refractivity contribution in [3.05, 3.63) is 30.1 Å². The number of aromatic nitrogens is 1. The second-order valence-corrected chi connectivity index (χ2v) is 3.56. The molecule has 0 spiro atoms. The zero-order valence-electron chi connectivity index (χ0n) is 11.0.